The van der Waals surface area contributed by atoms with Gasteiger partial charge in [-0.05, 0) is 66.5 Å². The van der Waals surface area contributed by atoms with Crippen LogP contribution >= 0.6 is 0 Å². The van der Waals surface area contributed by atoms with E-state index in [9.17, 15) is 9.59 Å². The van der Waals surface area contributed by atoms with Gasteiger partial charge < -0.3 is 19.3 Å². The van der Waals surface area contributed by atoms with Gasteiger partial charge in [0.05, 0.1) is 19.1 Å². The fourth-order valence-corrected chi connectivity index (χ4v) is 4.16. The SMILES string of the molecule is CCOC(=O)C1CCN(C2CC(C)N(C(=O)OCC)C(C)C2)CC1. The largest absolute Gasteiger partial charge is 0.466 e. The second kappa shape index (κ2) is 8.70. The highest BCUT2D eigenvalue weighted by Crippen LogP contribution is 2.30. The number of ether oxygens (including phenoxy) is 2. The zero-order valence-corrected chi connectivity index (χ0v) is 15.5. The summed E-state index contributed by atoms with van der Waals surface area (Å²) < 4.78 is 10.3. The van der Waals surface area contributed by atoms with Crippen LogP contribution in [0.25, 0.3) is 0 Å². The van der Waals surface area contributed by atoms with Crippen molar-refractivity contribution < 1.29 is 19.1 Å². The van der Waals surface area contributed by atoms with Crippen molar-refractivity contribution in [2.45, 2.75) is 71.5 Å². The molecule has 0 saturated carbocycles. The standard InChI is InChI=1S/C18H32N2O4/c1-5-23-17(21)15-7-9-19(10-8-15)16-11-13(3)20(14(4)12-16)18(22)24-6-2/h13-16H,5-12H2,1-4H3. The quantitative estimate of drug-likeness (QED) is 0.737. The van der Waals surface area contributed by atoms with E-state index in [-0.39, 0.29) is 30.1 Å². The summed E-state index contributed by atoms with van der Waals surface area (Å²) in [5.74, 6) is 0.00619. The highest BCUT2D eigenvalue weighted by atomic mass is 16.6. The average molecular weight is 340 g/mol. The molecule has 0 bridgehead atoms. The Balaban J connectivity index is 1.87. The van der Waals surface area contributed by atoms with Gasteiger partial charge in [-0.1, -0.05) is 0 Å². The average Bonchev–Trinajstić information content (AvgIpc) is 2.55. The smallest absolute Gasteiger partial charge is 0.410 e. The summed E-state index contributed by atoms with van der Waals surface area (Å²) in [6, 6.07) is 0.838. The second-order valence-electron chi connectivity index (χ2n) is 6.99. The van der Waals surface area contributed by atoms with Crippen LogP contribution in [0.4, 0.5) is 4.79 Å². The molecule has 1 amide bonds. The zero-order chi connectivity index (χ0) is 17.7. The number of nitrogens with zero attached hydrogens (tertiary/aromatic N) is 2. The molecule has 2 aliphatic rings. The van der Waals surface area contributed by atoms with Crippen molar-refractivity contribution in [1.82, 2.24) is 9.80 Å². The normalized spacial score (nSPS) is 29.3. The van der Waals surface area contributed by atoms with Crippen molar-refractivity contribution in [3.05, 3.63) is 0 Å². The van der Waals surface area contributed by atoms with Gasteiger partial charge in [0.1, 0.15) is 0 Å². The van der Waals surface area contributed by atoms with Gasteiger partial charge in [-0.15, -0.1) is 0 Å². The monoisotopic (exact) mass is 340 g/mol. The van der Waals surface area contributed by atoms with Gasteiger partial charge in [-0.25, -0.2) is 4.79 Å². The summed E-state index contributed by atoms with van der Waals surface area (Å²) in [6.07, 6.45) is 3.48. The summed E-state index contributed by atoms with van der Waals surface area (Å²) in [5, 5.41) is 0. The fourth-order valence-electron chi connectivity index (χ4n) is 4.16. The first-order valence-corrected chi connectivity index (χ1v) is 9.33. The summed E-state index contributed by atoms with van der Waals surface area (Å²) in [6.45, 7) is 10.6. The van der Waals surface area contributed by atoms with Crippen molar-refractivity contribution in [2.24, 2.45) is 5.92 Å². The van der Waals surface area contributed by atoms with Crippen molar-refractivity contribution in [3.63, 3.8) is 0 Å². The van der Waals surface area contributed by atoms with Crippen LogP contribution in [-0.4, -0.2) is 66.3 Å². The predicted molar refractivity (Wildman–Crippen MR) is 91.7 cm³/mol. The molecule has 2 atom stereocenters. The number of rotatable bonds is 4. The molecule has 6 nitrogen and oxygen atoms in total. The zero-order valence-electron chi connectivity index (χ0n) is 15.5. The Morgan fingerprint density at radius 1 is 0.958 bits per heavy atom. The number of likely N-dealkylation sites (tertiary alicyclic amines) is 2. The number of hydrogen-bond acceptors (Lipinski definition) is 5. The lowest BCUT2D eigenvalue weighted by molar-refractivity contribution is -0.150. The molecule has 0 radical (unpaired) electrons. The molecule has 0 N–H and O–H groups in total. The molecule has 24 heavy (non-hydrogen) atoms. The summed E-state index contributed by atoms with van der Waals surface area (Å²) in [5.41, 5.74) is 0. The highest BCUT2D eigenvalue weighted by Gasteiger charge is 2.38. The molecule has 138 valence electrons. The first-order chi connectivity index (χ1) is 11.5. The summed E-state index contributed by atoms with van der Waals surface area (Å²) in [4.78, 5) is 28.4. The lowest BCUT2D eigenvalue weighted by atomic mass is 9.89. The van der Waals surface area contributed by atoms with Crippen LogP contribution in [-0.2, 0) is 14.3 Å². The molecule has 2 rings (SSSR count). The Morgan fingerprint density at radius 2 is 1.50 bits per heavy atom. The molecular formula is C18H32N2O4. The van der Waals surface area contributed by atoms with Gasteiger partial charge in [0.15, 0.2) is 0 Å². The third-order valence-electron chi connectivity index (χ3n) is 5.32. The Labute approximate surface area is 145 Å². The van der Waals surface area contributed by atoms with Crippen molar-refractivity contribution >= 4 is 12.1 Å². The molecule has 0 aromatic rings. The van der Waals surface area contributed by atoms with E-state index >= 15 is 0 Å². The Kier molecular flexibility index (Phi) is 6.90. The first kappa shape index (κ1) is 19.0. The molecule has 2 aliphatic heterocycles. The van der Waals surface area contributed by atoms with Gasteiger partial charge in [-0.2, -0.15) is 0 Å². The van der Waals surface area contributed by atoms with Crippen molar-refractivity contribution in [1.29, 1.82) is 0 Å². The molecule has 0 aromatic heterocycles. The molecule has 0 aromatic carbocycles. The highest BCUT2D eigenvalue weighted by molar-refractivity contribution is 5.72. The van der Waals surface area contributed by atoms with E-state index in [1.807, 2.05) is 18.7 Å². The molecule has 2 unspecified atom stereocenters. The molecule has 2 saturated heterocycles. The number of carbonyl (C=O) groups excluding carboxylic acids is 2. The van der Waals surface area contributed by atoms with Crippen LogP contribution in [0.2, 0.25) is 0 Å². The molecule has 0 aliphatic carbocycles. The molecule has 2 fully saturated rings. The van der Waals surface area contributed by atoms with Gasteiger partial charge in [-0.3, -0.25) is 4.79 Å². The van der Waals surface area contributed by atoms with Crippen LogP contribution in [0.3, 0.4) is 0 Å². The maximum absolute atomic E-state index is 12.1. The summed E-state index contributed by atoms with van der Waals surface area (Å²) >= 11 is 0. The Bertz CT molecular complexity index is 423. The third kappa shape index (κ3) is 4.41. The van der Waals surface area contributed by atoms with E-state index < -0.39 is 0 Å². The maximum Gasteiger partial charge on any atom is 0.410 e. The topological polar surface area (TPSA) is 59.1 Å². The number of piperidine rings is 2. The Hall–Kier alpha value is -1.30. The predicted octanol–water partition coefficient (Wildman–Crippen LogP) is 2.66. The number of hydrogen-bond donors (Lipinski definition) is 0. The van der Waals surface area contributed by atoms with E-state index in [1.54, 1.807) is 0 Å². The first-order valence-electron chi connectivity index (χ1n) is 9.33. The second-order valence-corrected chi connectivity index (χ2v) is 6.99. The minimum Gasteiger partial charge on any atom is -0.466 e. The van der Waals surface area contributed by atoms with Crippen LogP contribution in [0.15, 0.2) is 0 Å². The van der Waals surface area contributed by atoms with Crippen molar-refractivity contribution in [3.8, 4) is 0 Å². The number of esters is 1. The van der Waals surface area contributed by atoms with E-state index in [4.69, 9.17) is 9.47 Å². The summed E-state index contributed by atoms with van der Waals surface area (Å²) in [7, 11) is 0. The van der Waals surface area contributed by atoms with Gasteiger partial charge >= 0.3 is 12.1 Å². The lowest BCUT2D eigenvalue weighted by Gasteiger charge is -2.46. The van der Waals surface area contributed by atoms with Gasteiger partial charge in [0.2, 0.25) is 0 Å². The molecule has 6 heteroatoms. The van der Waals surface area contributed by atoms with Gasteiger partial charge in [0.25, 0.3) is 0 Å². The minimum atomic E-state index is -0.197. The lowest BCUT2D eigenvalue weighted by Crippen LogP contribution is -2.56. The van der Waals surface area contributed by atoms with Gasteiger partial charge in [0, 0.05) is 18.1 Å². The van der Waals surface area contributed by atoms with Crippen LogP contribution in [0.5, 0.6) is 0 Å². The van der Waals surface area contributed by atoms with Crippen molar-refractivity contribution in [2.75, 3.05) is 26.3 Å². The molecule has 2 heterocycles. The van der Waals surface area contributed by atoms with E-state index in [0.29, 0.717) is 19.3 Å². The van der Waals surface area contributed by atoms with E-state index in [0.717, 1.165) is 38.8 Å². The minimum absolute atomic E-state index is 0.0454. The number of carbonyl (C=O) groups is 2. The van der Waals surface area contributed by atoms with E-state index in [2.05, 4.69) is 18.7 Å². The van der Waals surface area contributed by atoms with E-state index in [1.165, 1.54) is 0 Å². The Morgan fingerprint density at radius 3 is 2.00 bits per heavy atom. The third-order valence-corrected chi connectivity index (χ3v) is 5.32. The maximum atomic E-state index is 12.1. The molecular weight excluding hydrogens is 308 g/mol. The molecule has 0 spiro atoms. The number of amides is 1. The van der Waals surface area contributed by atoms with Crippen LogP contribution in [0.1, 0.15) is 53.4 Å². The fraction of sp³-hybridized carbons (Fsp3) is 0.889. The van der Waals surface area contributed by atoms with Crippen LogP contribution in [0, 0.1) is 5.92 Å². The van der Waals surface area contributed by atoms with Crippen LogP contribution < -0.4 is 0 Å².